The number of halogens is 1. The first-order valence-corrected chi connectivity index (χ1v) is 8.72. The number of likely N-dealkylation sites (tertiary alicyclic amines) is 1. The number of benzene rings is 1. The monoisotopic (exact) mass is 349 g/mol. The summed E-state index contributed by atoms with van der Waals surface area (Å²) in [6.07, 6.45) is 1.34. The standard InChI is InChI=1S/C19H24FNO4/c1-19(2,3)25-18(23)21-9-6-12(7-10-21)16(22)15-14(20)5-4-13-8-11-24-17(13)15/h4-5,12H,6-11H2,1-3H3. The summed E-state index contributed by atoms with van der Waals surface area (Å²) in [5.74, 6) is -0.649. The van der Waals surface area contributed by atoms with Crippen LogP contribution in [0.25, 0.3) is 0 Å². The van der Waals surface area contributed by atoms with E-state index >= 15 is 0 Å². The SMILES string of the molecule is CC(C)(C)OC(=O)N1CCC(C(=O)c2c(F)ccc3c2OCC3)CC1. The summed E-state index contributed by atoms with van der Waals surface area (Å²) >= 11 is 0. The van der Waals surface area contributed by atoms with E-state index < -0.39 is 11.4 Å². The maximum Gasteiger partial charge on any atom is 0.410 e. The van der Waals surface area contributed by atoms with E-state index in [1.54, 1.807) is 11.0 Å². The van der Waals surface area contributed by atoms with Crippen LogP contribution in [0.3, 0.4) is 0 Å². The molecule has 2 heterocycles. The molecule has 1 aromatic carbocycles. The molecule has 136 valence electrons. The van der Waals surface area contributed by atoms with Gasteiger partial charge in [-0.05, 0) is 45.2 Å². The van der Waals surface area contributed by atoms with E-state index in [0.717, 1.165) is 5.56 Å². The Hall–Kier alpha value is -2.11. The third-order valence-electron chi connectivity index (χ3n) is 4.57. The lowest BCUT2D eigenvalue weighted by atomic mass is 9.87. The second kappa shape index (κ2) is 6.65. The summed E-state index contributed by atoms with van der Waals surface area (Å²) in [5.41, 5.74) is 0.413. The lowest BCUT2D eigenvalue weighted by Gasteiger charge is -2.33. The Balaban J connectivity index is 1.67. The van der Waals surface area contributed by atoms with Gasteiger partial charge in [0.05, 0.1) is 12.2 Å². The number of carbonyl (C=O) groups excluding carboxylic acids is 2. The molecule has 0 bridgehead atoms. The maximum absolute atomic E-state index is 14.3. The van der Waals surface area contributed by atoms with Crippen LogP contribution in [0.5, 0.6) is 5.75 Å². The zero-order valence-electron chi connectivity index (χ0n) is 14.9. The maximum atomic E-state index is 14.3. The Labute approximate surface area is 147 Å². The van der Waals surface area contributed by atoms with Crippen LogP contribution in [0.15, 0.2) is 12.1 Å². The lowest BCUT2D eigenvalue weighted by molar-refractivity contribution is 0.0182. The van der Waals surface area contributed by atoms with Gasteiger partial charge in [0.15, 0.2) is 5.78 Å². The number of ether oxygens (including phenoxy) is 2. The molecular formula is C19H24FNO4. The van der Waals surface area contributed by atoms with E-state index in [4.69, 9.17) is 9.47 Å². The van der Waals surface area contributed by atoms with Gasteiger partial charge in [-0.15, -0.1) is 0 Å². The van der Waals surface area contributed by atoms with E-state index in [1.165, 1.54) is 6.07 Å². The summed E-state index contributed by atoms with van der Waals surface area (Å²) < 4.78 is 25.1. The van der Waals surface area contributed by atoms with Crippen LogP contribution in [0, 0.1) is 11.7 Å². The zero-order chi connectivity index (χ0) is 18.2. The molecule has 2 aliphatic rings. The highest BCUT2D eigenvalue weighted by Gasteiger charge is 2.34. The zero-order valence-corrected chi connectivity index (χ0v) is 14.9. The van der Waals surface area contributed by atoms with Crippen LogP contribution in [0.4, 0.5) is 9.18 Å². The topological polar surface area (TPSA) is 55.8 Å². The van der Waals surface area contributed by atoms with E-state index in [9.17, 15) is 14.0 Å². The van der Waals surface area contributed by atoms with Crippen molar-refractivity contribution >= 4 is 11.9 Å². The minimum absolute atomic E-state index is 0.0747. The van der Waals surface area contributed by atoms with Crippen LogP contribution >= 0.6 is 0 Å². The van der Waals surface area contributed by atoms with Crippen molar-refractivity contribution in [3.05, 3.63) is 29.1 Å². The first kappa shape index (κ1) is 17.7. The van der Waals surface area contributed by atoms with Crippen LogP contribution < -0.4 is 4.74 Å². The first-order chi connectivity index (χ1) is 11.8. The van der Waals surface area contributed by atoms with E-state index in [0.29, 0.717) is 44.7 Å². The molecule has 25 heavy (non-hydrogen) atoms. The van der Waals surface area contributed by atoms with Gasteiger partial charge in [-0.1, -0.05) is 6.07 Å². The van der Waals surface area contributed by atoms with Crippen LogP contribution in [0.1, 0.15) is 49.5 Å². The number of rotatable bonds is 2. The molecule has 0 atom stereocenters. The highest BCUT2D eigenvalue weighted by Crippen LogP contribution is 2.35. The number of ketones is 1. The van der Waals surface area contributed by atoms with Gasteiger partial charge in [0, 0.05) is 25.4 Å². The van der Waals surface area contributed by atoms with Crippen LogP contribution in [-0.4, -0.2) is 42.1 Å². The van der Waals surface area contributed by atoms with Gasteiger partial charge in [-0.25, -0.2) is 9.18 Å². The molecular weight excluding hydrogens is 325 g/mol. The van der Waals surface area contributed by atoms with Crippen molar-refractivity contribution < 1.29 is 23.5 Å². The normalized spacial score (nSPS) is 17.8. The predicted octanol–water partition coefficient (Wildman–Crippen LogP) is 3.59. The third kappa shape index (κ3) is 3.78. The summed E-state index contributed by atoms with van der Waals surface area (Å²) in [4.78, 5) is 26.5. The summed E-state index contributed by atoms with van der Waals surface area (Å²) in [5, 5.41) is 0. The molecule has 1 fully saturated rings. The molecule has 0 saturated carbocycles. The molecule has 0 N–H and O–H groups in total. The van der Waals surface area contributed by atoms with Gasteiger partial charge in [0.25, 0.3) is 0 Å². The number of carbonyl (C=O) groups is 2. The van der Waals surface area contributed by atoms with Crippen molar-refractivity contribution in [2.75, 3.05) is 19.7 Å². The Kier molecular flexibility index (Phi) is 4.71. The molecule has 5 nitrogen and oxygen atoms in total. The number of hydrogen-bond donors (Lipinski definition) is 0. The number of nitrogens with zero attached hydrogens (tertiary/aromatic N) is 1. The lowest BCUT2D eigenvalue weighted by Crippen LogP contribution is -2.43. The molecule has 0 radical (unpaired) electrons. The quantitative estimate of drug-likeness (QED) is 0.766. The van der Waals surface area contributed by atoms with E-state index in [2.05, 4.69) is 0 Å². The fraction of sp³-hybridized carbons (Fsp3) is 0.579. The minimum atomic E-state index is -0.547. The molecule has 2 aliphatic heterocycles. The van der Waals surface area contributed by atoms with Crippen molar-refractivity contribution in [2.45, 2.75) is 45.6 Å². The Morgan fingerprint density at radius 3 is 2.56 bits per heavy atom. The Morgan fingerprint density at radius 2 is 1.92 bits per heavy atom. The average molecular weight is 349 g/mol. The number of fused-ring (bicyclic) bond motifs is 1. The largest absolute Gasteiger partial charge is 0.492 e. The Bertz CT molecular complexity index is 687. The molecule has 1 aromatic rings. The van der Waals surface area contributed by atoms with E-state index in [1.807, 2.05) is 20.8 Å². The fourth-order valence-electron chi connectivity index (χ4n) is 3.31. The van der Waals surface area contributed by atoms with Crippen molar-refractivity contribution in [1.82, 2.24) is 4.90 Å². The fourth-order valence-corrected chi connectivity index (χ4v) is 3.31. The predicted molar refractivity (Wildman–Crippen MR) is 90.5 cm³/mol. The number of hydrogen-bond acceptors (Lipinski definition) is 4. The van der Waals surface area contributed by atoms with Gasteiger partial charge in [-0.2, -0.15) is 0 Å². The van der Waals surface area contributed by atoms with E-state index in [-0.39, 0.29) is 23.4 Å². The Morgan fingerprint density at radius 1 is 1.24 bits per heavy atom. The van der Waals surface area contributed by atoms with Gasteiger partial charge < -0.3 is 14.4 Å². The molecule has 3 rings (SSSR count). The van der Waals surface area contributed by atoms with Gasteiger partial charge >= 0.3 is 6.09 Å². The number of Topliss-reactive ketones (excluding diaryl/α,β-unsaturated/α-hetero) is 1. The van der Waals surface area contributed by atoms with Crippen LogP contribution in [0.2, 0.25) is 0 Å². The van der Waals surface area contributed by atoms with Crippen molar-refractivity contribution in [3.63, 3.8) is 0 Å². The summed E-state index contributed by atoms with van der Waals surface area (Å²) in [6.45, 7) is 6.81. The van der Waals surface area contributed by atoms with Crippen LogP contribution in [-0.2, 0) is 11.2 Å². The molecule has 0 aliphatic carbocycles. The highest BCUT2D eigenvalue weighted by molar-refractivity contribution is 6.01. The molecule has 1 saturated heterocycles. The van der Waals surface area contributed by atoms with Crippen molar-refractivity contribution in [1.29, 1.82) is 0 Å². The van der Waals surface area contributed by atoms with Gasteiger partial charge in [-0.3, -0.25) is 4.79 Å². The average Bonchev–Trinajstić information content (AvgIpc) is 3.01. The highest BCUT2D eigenvalue weighted by atomic mass is 19.1. The minimum Gasteiger partial charge on any atom is -0.492 e. The number of piperidine rings is 1. The van der Waals surface area contributed by atoms with Gasteiger partial charge in [0.2, 0.25) is 0 Å². The smallest absolute Gasteiger partial charge is 0.410 e. The van der Waals surface area contributed by atoms with Gasteiger partial charge in [0.1, 0.15) is 17.2 Å². The molecule has 0 spiro atoms. The molecule has 0 unspecified atom stereocenters. The molecule has 0 aromatic heterocycles. The summed E-state index contributed by atoms with van der Waals surface area (Å²) in [7, 11) is 0. The summed E-state index contributed by atoms with van der Waals surface area (Å²) in [6, 6.07) is 3.02. The molecule has 1 amide bonds. The molecule has 6 heteroatoms. The second-order valence-corrected chi connectivity index (χ2v) is 7.62. The van der Waals surface area contributed by atoms with Crippen molar-refractivity contribution in [2.24, 2.45) is 5.92 Å². The van der Waals surface area contributed by atoms with Crippen molar-refractivity contribution in [3.8, 4) is 5.75 Å². The number of amides is 1. The third-order valence-corrected chi connectivity index (χ3v) is 4.57. The first-order valence-electron chi connectivity index (χ1n) is 8.72. The second-order valence-electron chi connectivity index (χ2n) is 7.62.